The highest BCUT2D eigenvalue weighted by Gasteiger charge is 2.46. The van der Waals surface area contributed by atoms with Gasteiger partial charge >= 0.3 is 0 Å². The number of hydrogen-bond donors (Lipinski definition) is 3. The number of methoxy groups -OCH3 is 2. The number of likely N-dealkylation sites (tertiary alicyclic amines) is 1. The first-order valence-electron chi connectivity index (χ1n) is 20.7. The summed E-state index contributed by atoms with van der Waals surface area (Å²) in [5.41, 5.74) is 2.24. The van der Waals surface area contributed by atoms with Crippen LogP contribution in [0.5, 0.6) is 17.2 Å². The number of likely N-dealkylation sites (N-methyl/N-ethyl adjacent to an activating group) is 1. The van der Waals surface area contributed by atoms with Gasteiger partial charge in [0.25, 0.3) is 17.4 Å². The average molecular weight is 886 g/mol. The van der Waals surface area contributed by atoms with E-state index in [1.54, 1.807) is 52.7 Å². The fourth-order valence-corrected chi connectivity index (χ4v) is 9.20. The fourth-order valence-electron chi connectivity index (χ4n) is 8.11. The molecular weight excluding hydrogens is 835 g/mol. The van der Waals surface area contributed by atoms with E-state index in [1.165, 1.54) is 22.0 Å². The molecule has 6 amide bonds. The number of piperidine rings is 2. The number of benzene rings is 2. The van der Waals surface area contributed by atoms with Crippen molar-refractivity contribution >= 4 is 61.9 Å². The van der Waals surface area contributed by atoms with Gasteiger partial charge in [0, 0.05) is 44.2 Å². The molecule has 3 aliphatic heterocycles. The number of nitrogens with zero attached hydrogens (tertiary/aromatic N) is 4. The first-order chi connectivity index (χ1) is 30.3. The van der Waals surface area contributed by atoms with Crippen LogP contribution in [0.2, 0.25) is 0 Å². The summed E-state index contributed by atoms with van der Waals surface area (Å²) in [6, 6.07) is 9.04. The highest BCUT2D eigenvalue weighted by Crippen LogP contribution is 2.41. The highest BCUT2D eigenvalue weighted by atomic mass is 32.1. The molecule has 0 aliphatic carbocycles. The Kier molecular flexibility index (Phi) is 13.9. The van der Waals surface area contributed by atoms with Crippen molar-refractivity contribution in [2.75, 3.05) is 79.6 Å². The van der Waals surface area contributed by atoms with E-state index in [2.05, 4.69) is 20.9 Å². The largest absolute Gasteiger partial charge is 0.496 e. The number of nitrogens with one attached hydrogen (secondary N) is 3. The van der Waals surface area contributed by atoms with Crippen LogP contribution < -0.4 is 35.7 Å². The van der Waals surface area contributed by atoms with E-state index in [9.17, 15) is 33.6 Å². The zero-order valence-electron chi connectivity index (χ0n) is 35.9. The maximum Gasteiger partial charge on any atom is 0.266 e. The zero-order chi connectivity index (χ0) is 44.9. The maximum absolute atomic E-state index is 13.3. The Morgan fingerprint density at radius 2 is 1.63 bits per heavy atom. The van der Waals surface area contributed by atoms with E-state index >= 15 is 0 Å². The molecular formula is C44H51N7O11S. The Morgan fingerprint density at radius 3 is 2.33 bits per heavy atom. The van der Waals surface area contributed by atoms with Crippen LogP contribution in [0.3, 0.4) is 0 Å². The molecule has 63 heavy (non-hydrogen) atoms. The third kappa shape index (κ3) is 9.75. The van der Waals surface area contributed by atoms with Crippen LogP contribution in [0.4, 0.5) is 5.00 Å². The molecule has 1 atom stereocenters. The second kappa shape index (κ2) is 19.5. The van der Waals surface area contributed by atoms with E-state index in [-0.39, 0.29) is 85.9 Å². The Balaban J connectivity index is 0.905. The highest BCUT2D eigenvalue weighted by molar-refractivity contribution is 7.23. The number of pyridine rings is 1. The number of amides is 6. The van der Waals surface area contributed by atoms with Gasteiger partial charge in [0.15, 0.2) is 0 Å². The van der Waals surface area contributed by atoms with Gasteiger partial charge in [-0.25, -0.2) is 0 Å². The average Bonchev–Trinajstić information content (AvgIpc) is 3.79. The summed E-state index contributed by atoms with van der Waals surface area (Å²) in [5.74, 6) is -1.54. The van der Waals surface area contributed by atoms with Gasteiger partial charge in [-0.1, -0.05) is 6.07 Å². The summed E-state index contributed by atoms with van der Waals surface area (Å²) < 4.78 is 25.4. The molecule has 18 nitrogen and oxygen atoms in total. The lowest BCUT2D eigenvalue weighted by molar-refractivity contribution is -0.136. The molecule has 0 saturated carbocycles. The predicted molar refractivity (Wildman–Crippen MR) is 233 cm³/mol. The van der Waals surface area contributed by atoms with E-state index in [4.69, 9.17) is 18.9 Å². The van der Waals surface area contributed by atoms with Crippen molar-refractivity contribution in [1.29, 1.82) is 0 Å². The fraction of sp³-hybridized carbons (Fsp3) is 0.432. The van der Waals surface area contributed by atoms with Crippen molar-refractivity contribution in [2.24, 2.45) is 13.0 Å². The molecule has 5 heterocycles. The van der Waals surface area contributed by atoms with Gasteiger partial charge in [-0.15, -0.1) is 11.3 Å². The smallest absolute Gasteiger partial charge is 0.266 e. The van der Waals surface area contributed by atoms with Crippen LogP contribution >= 0.6 is 11.3 Å². The van der Waals surface area contributed by atoms with E-state index in [0.29, 0.717) is 28.4 Å². The normalized spacial score (nSPS) is 17.0. The molecule has 0 bridgehead atoms. The summed E-state index contributed by atoms with van der Waals surface area (Å²) in [4.78, 5) is 94.6. The molecule has 0 spiro atoms. The number of aryl methyl sites for hydroxylation is 1. The number of imide groups is 2. The van der Waals surface area contributed by atoms with Gasteiger partial charge in [-0.05, 0) is 82.3 Å². The SMILES string of the molecule is COc1cc(-c2cn(C)c(=O)c3cc(NC(=O)C4CCN(C)CC4)sc23)cc(OC)c1CN(C)CC(=O)NCCOCCOc1cccc2c1C(=O)N(C1CCC(=O)NC1=O)C2=O. The minimum absolute atomic E-state index is 0.0207. The number of hydrogen-bond acceptors (Lipinski definition) is 14. The minimum atomic E-state index is -1.08. The molecule has 3 N–H and O–H groups in total. The van der Waals surface area contributed by atoms with Gasteiger partial charge in [-0.2, -0.15) is 0 Å². The molecule has 334 valence electrons. The van der Waals surface area contributed by atoms with Crippen LogP contribution in [0.15, 0.2) is 47.4 Å². The first-order valence-corrected chi connectivity index (χ1v) is 21.5. The van der Waals surface area contributed by atoms with Crippen LogP contribution in [0.1, 0.15) is 52.0 Å². The van der Waals surface area contributed by atoms with Crippen molar-refractivity contribution in [3.63, 3.8) is 0 Å². The van der Waals surface area contributed by atoms with Gasteiger partial charge < -0.3 is 39.0 Å². The molecule has 0 radical (unpaired) electrons. The molecule has 2 fully saturated rings. The Morgan fingerprint density at radius 1 is 0.905 bits per heavy atom. The van der Waals surface area contributed by atoms with Gasteiger partial charge in [-0.3, -0.25) is 48.7 Å². The third-order valence-corrected chi connectivity index (χ3v) is 12.5. The van der Waals surface area contributed by atoms with Gasteiger partial charge in [0.1, 0.15) is 29.9 Å². The summed E-state index contributed by atoms with van der Waals surface area (Å²) in [5, 5.41) is 9.19. The van der Waals surface area contributed by atoms with Crippen LogP contribution in [-0.4, -0.2) is 135 Å². The molecule has 2 saturated heterocycles. The summed E-state index contributed by atoms with van der Waals surface area (Å²) >= 11 is 1.36. The molecule has 2 aromatic carbocycles. The van der Waals surface area contributed by atoms with E-state index < -0.39 is 29.7 Å². The van der Waals surface area contributed by atoms with Crippen molar-refractivity contribution < 1.29 is 47.7 Å². The van der Waals surface area contributed by atoms with Crippen LogP contribution in [0.25, 0.3) is 21.2 Å². The molecule has 1 unspecified atom stereocenters. The number of carbonyl (C=O) groups is 6. The zero-order valence-corrected chi connectivity index (χ0v) is 36.7. The minimum Gasteiger partial charge on any atom is -0.496 e. The molecule has 19 heteroatoms. The molecule has 4 aromatic rings. The number of ether oxygens (including phenoxy) is 4. The molecule has 3 aliphatic rings. The van der Waals surface area contributed by atoms with Crippen molar-refractivity contribution in [3.8, 4) is 28.4 Å². The number of carbonyl (C=O) groups excluding carboxylic acids is 6. The summed E-state index contributed by atoms with van der Waals surface area (Å²) in [7, 11) is 8.66. The quantitative estimate of drug-likeness (QED) is 0.103. The summed E-state index contributed by atoms with van der Waals surface area (Å²) in [6.45, 7) is 2.68. The number of rotatable bonds is 17. The Labute approximate surface area is 367 Å². The lowest BCUT2D eigenvalue weighted by Gasteiger charge is -2.27. The maximum atomic E-state index is 13.3. The van der Waals surface area contributed by atoms with E-state index in [1.807, 2.05) is 24.1 Å². The molecule has 7 rings (SSSR count). The Hall–Kier alpha value is -6.15. The number of fused-ring (bicyclic) bond motifs is 2. The van der Waals surface area contributed by atoms with E-state index in [0.717, 1.165) is 52.2 Å². The lowest BCUT2D eigenvalue weighted by Crippen LogP contribution is -2.54. The van der Waals surface area contributed by atoms with Gasteiger partial charge in [0.2, 0.25) is 23.6 Å². The lowest BCUT2D eigenvalue weighted by atomic mass is 9.96. The second-order valence-electron chi connectivity index (χ2n) is 15.8. The third-order valence-electron chi connectivity index (χ3n) is 11.4. The van der Waals surface area contributed by atoms with Crippen LogP contribution in [0, 0.1) is 5.92 Å². The number of thiophene rings is 1. The monoisotopic (exact) mass is 885 g/mol. The molecule has 2 aromatic heterocycles. The van der Waals surface area contributed by atoms with Crippen molar-refractivity contribution in [3.05, 3.63) is 69.6 Å². The van der Waals surface area contributed by atoms with Crippen molar-refractivity contribution in [1.82, 2.24) is 29.9 Å². The number of anilines is 1. The first kappa shape index (κ1) is 44.9. The Bertz CT molecular complexity index is 2490. The van der Waals surface area contributed by atoms with Gasteiger partial charge in [0.05, 0.1) is 65.8 Å². The topological polar surface area (TPSA) is 207 Å². The van der Waals surface area contributed by atoms with Crippen LogP contribution in [-0.2, 0) is 37.5 Å². The summed E-state index contributed by atoms with van der Waals surface area (Å²) in [6.07, 6.45) is 3.41. The predicted octanol–water partition coefficient (Wildman–Crippen LogP) is 2.61. The second-order valence-corrected chi connectivity index (χ2v) is 16.9. The van der Waals surface area contributed by atoms with Crippen molar-refractivity contribution in [2.45, 2.75) is 38.3 Å². The standard InChI is InChI=1S/C44H51N7O11S/c1-48-14-11-25(12-15-48)40(54)47-37-21-28-39(63-37)29(23-50(3)42(28)56)26-19-33(59-4)30(34(20-26)60-5)22-49(2)24-36(53)45-13-16-61-17-18-62-32-8-6-7-27-38(32)44(58)51(43(27)57)31-9-10-35(52)46-41(31)55/h6-8,19-21,23,25,31H,9-18,22,24H2,1-5H3,(H,45,53)(H,47,54)(H,46,52,55). The number of aromatic nitrogens is 1.